The number of hydrogen-bond acceptors (Lipinski definition) is 2. The maximum atomic E-state index is 5.50. The number of hydrogen-bond donors (Lipinski definition) is 1. The molecule has 0 aromatic heterocycles. The van der Waals surface area contributed by atoms with Crippen LogP contribution in [0.3, 0.4) is 0 Å². The summed E-state index contributed by atoms with van der Waals surface area (Å²) in [6, 6.07) is 0. The molecule has 2 N–H and O–H groups in total. The maximum absolute atomic E-state index is 5.50. The summed E-state index contributed by atoms with van der Waals surface area (Å²) in [4.78, 5) is 4.12. The summed E-state index contributed by atoms with van der Waals surface area (Å²) in [5.74, 6) is 0. The quantitative estimate of drug-likeness (QED) is 0.581. The summed E-state index contributed by atoms with van der Waals surface area (Å²) >= 11 is 0. The Kier molecular flexibility index (Phi) is 2.39. The van der Waals surface area contributed by atoms with Crippen molar-refractivity contribution in [1.29, 1.82) is 0 Å². The lowest BCUT2D eigenvalue weighted by atomic mass is 10.0. The van der Waals surface area contributed by atoms with Gasteiger partial charge in [0.25, 0.3) is 6.34 Å². The summed E-state index contributed by atoms with van der Waals surface area (Å²) in [7, 11) is 0. The number of nitrogens with zero attached hydrogens (tertiary/aromatic N) is 2. The van der Waals surface area contributed by atoms with Gasteiger partial charge in [-0.2, -0.15) is 0 Å². The van der Waals surface area contributed by atoms with Crippen LogP contribution in [0.2, 0.25) is 0 Å². The minimum atomic E-state index is 0.134. The van der Waals surface area contributed by atoms with Gasteiger partial charge in [-0.25, -0.2) is 4.58 Å². The van der Waals surface area contributed by atoms with Crippen molar-refractivity contribution in [2.45, 2.75) is 25.8 Å². The highest BCUT2D eigenvalue weighted by atomic mass is 15.1. The van der Waals surface area contributed by atoms with E-state index in [0.717, 1.165) is 19.5 Å². The first-order chi connectivity index (χ1) is 5.17. The standard InChI is InChI=1S/C8H16N3/c1-8(2,3-4-9)11-6-5-10-7-11/h6-7H,3-5,9H2,1-2H3/q+1. The molecule has 0 aromatic carbocycles. The topological polar surface area (TPSA) is 41.4 Å². The van der Waals surface area contributed by atoms with Crippen LogP contribution in [0.25, 0.3) is 0 Å². The molecule has 1 rings (SSSR count). The lowest BCUT2D eigenvalue weighted by Crippen LogP contribution is -2.37. The zero-order chi connectivity index (χ0) is 8.32. The van der Waals surface area contributed by atoms with Gasteiger partial charge in [0.1, 0.15) is 11.8 Å². The molecule has 1 heterocycles. The molecule has 0 aliphatic carbocycles. The summed E-state index contributed by atoms with van der Waals surface area (Å²) in [5, 5.41) is 0. The molecule has 0 spiro atoms. The van der Waals surface area contributed by atoms with Gasteiger partial charge >= 0.3 is 0 Å². The molecule has 0 bridgehead atoms. The highest BCUT2D eigenvalue weighted by Crippen LogP contribution is 2.12. The normalized spacial score (nSPS) is 17.2. The summed E-state index contributed by atoms with van der Waals surface area (Å²) in [6.45, 7) is 5.89. The molecule has 0 aromatic rings. The molecular weight excluding hydrogens is 138 g/mol. The molecule has 0 saturated heterocycles. The average molecular weight is 154 g/mol. The highest BCUT2D eigenvalue weighted by molar-refractivity contribution is 5.67. The van der Waals surface area contributed by atoms with Gasteiger partial charge in [0, 0.05) is 6.42 Å². The van der Waals surface area contributed by atoms with Crippen molar-refractivity contribution >= 4 is 12.6 Å². The fraction of sp³-hybridized carbons (Fsp3) is 0.750. The van der Waals surface area contributed by atoms with Gasteiger partial charge < -0.3 is 5.73 Å². The van der Waals surface area contributed by atoms with Gasteiger partial charge in [0.15, 0.2) is 6.54 Å². The van der Waals surface area contributed by atoms with Gasteiger partial charge in [-0.3, -0.25) is 0 Å². The Morgan fingerprint density at radius 2 is 2.36 bits per heavy atom. The molecule has 0 atom stereocenters. The monoisotopic (exact) mass is 154 g/mol. The Morgan fingerprint density at radius 1 is 1.64 bits per heavy atom. The zero-order valence-electron chi connectivity index (χ0n) is 7.25. The van der Waals surface area contributed by atoms with Crippen LogP contribution in [0, 0.1) is 0 Å². The second-order valence-corrected chi connectivity index (χ2v) is 3.42. The van der Waals surface area contributed by atoms with E-state index in [2.05, 4.69) is 29.6 Å². The Balaban J connectivity index is 2.63. The van der Waals surface area contributed by atoms with Crippen molar-refractivity contribution in [3.63, 3.8) is 0 Å². The molecule has 1 aliphatic heterocycles. The molecule has 0 unspecified atom stereocenters. The Hall–Kier alpha value is -0.700. The molecule has 0 radical (unpaired) electrons. The summed E-state index contributed by atoms with van der Waals surface area (Å²) in [6.07, 6.45) is 4.97. The molecule has 0 saturated carbocycles. The van der Waals surface area contributed by atoms with Gasteiger partial charge in [-0.15, -0.1) is 0 Å². The lowest BCUT2D eigenvalue weighted by Gasteiger charge is -2.20. The van der Waals surface area contributed by atoms with Crippen LogP contribution in [-0.2, 0) is 0 Å². The predicted octanol–water partition coefficient (Wildman–Crippen LogP) is 0.239. The van der Waals surface area contributed by atoms with Crippen molar-refractivity contribution in [2.75, 3.05) is 13.1 Å². The Bertz CT molecular complexity index is 192. The van der Waals surface area contributed by atoms with Crippen molar-refractivity contribution in [1.82, 2.24) is 0 Å². The SMILES string of the molecule is CC(C)(CCN)[N+]1=CCN=C1. The van der Waals surface area contributed by atoms with Gasteiger partial charge in [-0.1, -0.05) is 4.99 Å². The zero-order valence-corrected chi connectivity index (χ0v) is 7.25. The molecule has 0 amide bonds. The molecular formula is C8H16N3+. The van der Waals surface area contributed by atoms with E-state index in [0.29, 0.717) is 0 Å². The summed E-state index contributed by atoms with van der Waals surface area (Å²) < 4.78 is 2.14. The Morgan fingerprint density at radius 3 is 2.82 bits per heavy atom. The van der Waals surface area contributed by atoms with Crippen LogP contribution < -0.4 is 5.73 Å². The lowest BCUT2D eigenvalue weighted by molar-refractivity contribution is -0.482. The second kappa shape index (κ2) is 3.13. The van der Waals surface area contributed by atoms with Gasteiger partial charge in [-0.05, 0) is 20.4 Å². The van der Waals surface area contributed by atoms with Crippen molar-refractivity contribution < 1.29 is 4.58 Å². The molecule has 1 aliphatic rings. The van der Waals surface area contributed by atoms with Gasteiger partial charge in [0.2, 0.25) is 0 Å². The van der Waals surface area contributed by atoms with Crippen LogP contribution in [-0.4, -0.2) is 35.8 Å². The molecule has 3 heteroatoms. The third kappa shape index (κ3) is 1.87. The highest BCUT2D eigenvalue weighted by Gasteiger charge is 2.26. The van der Waals surface area contributed by atoms with E-state index in [1.165, 1.54) is 0 Å². The first kappa shape index (κ1) is 8.40. The average Bonchev–Trinajstić information content (AvgIpc) is 2.37. The number of aliphatic imine (C=N–C) groups is 1. The first-order valence-electron chi connectivity index (χ1n) is 3.98. The maximum Gasteiger partial charge on any atom is 0.280 e. The minimum absolute atomic E-state index is 0.134. The largest absolute Gasteiger partial charge is 0.330 e. The fourth-order valence-electron chi connectivity index (χ4n) is 1.20. The van der Waals surface area contributed by atoms with Crippen LogP contribution >= 0.6 is 0 Å². The Labute approximate surface area is 67.6 Å². The molecule has 11 heavy (non-hydrogen) atoms. The number of nitrogens with two attached hydrogens (primary N) is 1. The van der Waals surface area contributed by atoms with Gasteiger partial charge in [0.05, 0.1) is 0 Å². The van der Waals surface area contributed by atoms with E-state index in [1.54, 1.807) is 0 Å². The van der Waals surface area contributed by atoms with Crippen molar-refractivity contribution in [3.05, 3.63) is 0 Å². The van der Waals surface area contributed by atoms with Crippen LogP contribution in [0.4, 0.5) is 0 Å². The third-order valence-electron chi connectivity index (χ3n) is 2.04. The van der Waals surface area contributed by atoms with E-state index in [-0.39, 0.29) is 5.54 Å². The fourth-order valence-corrected chi connectivity index (χ4v) is 1.20. The molecule has 62 valence electrons. The third-order valence-corrected chi connectivity index (χ3v) is 2.04. The van der Waals surface area contributed by atoms with E-state index < -0.39 is 0 Å². The number of rotatable bonds is 3. The van der Waals surface area contributed by atoms with E-state index in [1.807, 2.05) is 6.34 Å². The first-order valence-corrected chi connectivity index (χ1v) is 3.98. The molecule has 0 fully saturated rings. The smallest absolute Gasteiger partial charge is 0.280 e. The van der Waals surface area contributed by atoms with Crippen LogP contribution in [0.1, 0.15) is 20.3 Å². The van der Waals surface area contributed by atoms with E-state index in [9.17, 15) is 0 Å². The molecule has 3 nitrogen and oxygen atoms in total. The van der Waals surface area contributed by atoms with E-state index in [4.69, 9.17) is 5.73 Å². The van der Waals surface area contributed by atoms with Crippen LogP contribution in [0.15, 0.2) is 4.99 Å². The predicted molar refractivity (Wildman–Crippen MR) is 47.4 cm³/mol. The summed E-state index contributed by atoms with van der Waals surface area (Å²) in [5.41, 5.74) is 5.63. The minimum Gasteiger partial charge on any atom is -0.330 e. The van der Waals surface area contributed by atoms with Crippen molar-refractivity contribution in [2.24, 2.45) is 10.7 Å². The van der Waals surface area contributed by atoms with Crippen molar-refractivity contribution in [3.8, 4) is 0 Å². The van der Waals surface area contributed by atoms with Crippen LogP contribution in [0.5, 0.6) is 0 Å². The van der Waals surface area contributed by atoms with E-state index >= 15 is 0 Å². The second-order valence-electron chi connectivity index (χ2n) is 3.42.